The van der Waals surface area contributed by atoms with Crippen molar-refractivity contribution >= 4 is 11.6 Å². The smallest absolute Gasteiger partial charge is 0.227 e. The van der Waals surface area contributed by atoms with Crippen LogP contribution in [0.4, 0.5) is 11.6 Å². The molecule has 0 bridgehead atoms. The van der Waals surface area contributed by atoms with E-state index < -0.39 is 0 Å². The zero-order chi connectivity index (χ0) is 25.9. The molecule has 4 aromatic rings. The van der Waals surface area contributed by atoms with Crippen LogP contribution >= 0.6 is 0 Å². The third kappa shape index (κ3) is 5.37. The fraction of sp³-hybridized carbons (Fsp3) is 0.353. The minimum Gasteiger partial charge on any atom is -0.324 e. The van der Waals surface area contributed by atoms with Crippen molar-refractivity contribution < 1.29 is 0 Å². The zero-order valence-electron chi connectivity index (χ0n) is 22.7. The summed E-state index contributed by atoms with van der Waals surface area (Å²) in [5.74, 6) is 0.975. The summed E-state index contributed by atoms with van der Waals surface area (Å²) in [4.78, 5) is 12.3. The molecule has 1 N–H and O–H groups in total. The van der Waals surface area contributed by atoms with Crippen molar-refractivity contribution in [3.8, 4) is 11.3 Å². The first-order valence-electron chi connectivity index (χ1n) is 14.2. The van der Waals surface area contributed by atoms with Crippen LogP contribution < -0.4 is 5.32 Å². The highest BCUT2D eigenvalue weighted by atomic mass is 15.1. The van der Waals surface area contributed by atoms with Crippen molar-refractivity contribution in [3.63, 3.8) is 0 Å². The van der Waals surface area contributed by atoms with Gasteiger partial charge < -0.3 is 10.2 Å². The summed E-state index contributed by atoms with van der Waals surface area (Å²) in [5.41, 5.74) is 9.84. The summed E-state index contributed by atoms with van der Waals surface area (Å²) in [5, 5.41) is 3.45. The molecule has 0 aliphatic heterocycles. The number of rotatable bonds is 7. The molecule has 1 fully saturated rings. The molecule has 4 nitrogen and oxygen atoms in total. The van der Waals surface area contributed by atoms with Crippen LogP contribution in [-0.4, -0.2) is 34.5 Å². The molecule has 0 radical (unpaired) electrons. The van der Waals surface area contributed by atoms with Gasteiger partial charge in [-0.2, -0.15) is 0 Å². The van der Waals surface area contributed by atoms with Crippen LogP contribution in [0.3, 0.4) is 0 Å². The summed E-state index contributed by atoms with van der Waals surface area (Å²) in [6, 6.07) is 27.2. The Kier molecular flexibility index (Phi) is 7.24. The van der Waals surface area contributed by atoms with E-state index in [0.29, 0.717) is 11.9 Å². The maximum Gasteiger partial charge on any atom is 0.227 e. The third-order valence-electron chi connectivity index (χ3n) is 8.52. The standard InChI is InChI=1S/C34H38N4/c1-24-12-16-26(17-13-24)32-22-27-23-35-34(37-33(27)31-11-7-6-10-30(31)32)36-28-18-14-25(15-19-28)20-21-38(2)29-8-4-3-5-9-29/h6-7,10-19,23,29,32H,3-5,8-9,20-22H2,1-2H3,(H,35,36,37)/t32-/m0/s1. The lowest BCUT2D eigenvalue weighted by molar-refractivity contribution is 0.194. The molecule has 4 heteroatoms. The van der Waals surface area contributed by atoms with Crippen LogP contribution in [0.25, 0.3) is 11.3 Å². The van der Waals surface area contributed by atoms with E-state index in [0.717, 1.165) is 36.8 Å². The Morgan fingerprint density at radius 2 is 1.66 bits per heavy atom. The largest absolute Gasteiger partial charge is 0.324 e. The minimum absolute atomic E-state index is 0.325. The van der Waals surface area contributed by atoms with Gasteiger partial charge in [0, 0.05) is 36.0 Å². The van der Waals surface area contributed by atoms with E-state index in [1.807, 2.05) is 6.20 Å². The molecule has 194 valence electrons. The fourth-order valence-corrected chi connectivity index (χ4v) is 6.19. The highest BCUT2D eigenvalue weighted by molar-refractivity contribution is 5.73. The van der Waals surface area contributed by atoms with Crippen LogP contribution in [0.1, 0.15) is 65.8 Å². The van der Waals surface area contributed by atoms with Crippen LogP contribution in [0.5, 0.6) is 0 Å². The van der Waals surface area contributed by atoms with E-state index >= 15 is 0 Å². The second-order valence-electron chi connectivity index (χ2n) is 11.2. The summed E-state index contributed by atoms with van der Waals surface area (Å²) in [6.07, 6.45) is 10.9. The highest BCUT2D eigenvalue weighted by Crippen LogP contribution is 2.42. The number of anilines is 2. The van der Waals surface area contributed by atoms with Gasteiger partial charge in [0.05, 0.1) is 5.69 Å². The first-order chi connectivity index (χ1) is 18.6. The first kappa shape index (κ1) is 24.8. The highest BCUT2D eigenvalue weighted by Gasteiger charge is 2.27. The summed E-state index contributed by atoms with van der Waals surface area (Å²) < 4.78 is 0. The molecule has 0 spiro atoms. The predicted octanol–water partition coefficient (Wildman–Crippen LogP) is 7.69. The molecule has 0 unspecified atom stereocenters. The van der Waals surface area contributed by atoms with Gasteiger partial charge in [-0.3, -0.25) is 0 Å². The van der Waals surface area contributed by atoms with Gasteiger partial charge >= 0.3 is 0 Å². The molecule has 2 aliphatic rings. The van der Waals surface area contributed by atoms with E-state index in [1.165, 1.54) is 65.5 Å². The number of nitrogens with one attached hydrogen (secondary N) is 1. The number of nitrogens with zero attached hydrogens (tertiary/aromatic N) is 3. The Bertz CT molecular complexity index is 1370. The predicted molar refractivity (Wildman–Crippen MR) is 157 cm³/mol. The van der Waals surface area contributed by atoms with E-state index in [-0.39, 0.29) is 0 Å². The van der Waals surface area contributed by atoms with Gasteiger partial charge in [-0.25, -0.2) is 9.97 Å². The van der Waals surface area contributed by atoms with E-state index in [9.17, 15) is 0 Å². The summed E-state index contributed by atoms with van der Waals surface area (Å²) in [6.45, 7) is 3.26. The summed E-state index contributed by atoms with van der Waals surface area (Å²) in [7, 11) is 2.29. The van der Waals surface area contributed by atoms with Gasteiger partial charge in [0.15, 0.2) is 0 Å². The lowest BCUT2D eigenvalue weighted by Gasteiger charge is -2.31. The monoisotopic (exact) mass is 502 g/mol. The maximum atomic E-state index is 5.00. The SMILES string of the molecule is Cc1ccc([C@@H]2Cc3cnc(Nc4ccc(CCN(C)C5CCCCC5)cc4)nc3-c3ccccc32)cc1. The first-order valence-corrected chi connectivity index (χ1v) is 14.2. The van der Waals surface area contributed by atoms with Crippen LogP contribution in [-0.2, 0) is 12.8 Å². The normalized spacial score (nSPS) is 17.2. The molecule has 0 amide bonds. The van der Waals surface area contributed by atoms with E-state index in [1.54, 1.807) is 0 Å². The molecule has 1 heterocycles. The molecule has 1 atom stereocenters. The van der Waals surface area contributed by atoms with Gasteiger partial charge in [-0.05, 0) is 74.0 Å². The van der Waals surface area contributed by atoms with Crippen molar-refractivity contribution in [2.45, 2.75) is 63.8 Å². The Balaban J connectivity index is 1.15. The number of aryl methyl sites for hydroxylation is 1. The van der Waals surface area contributed by atoms with Gasteiger partial charge in [-0.1, -0.05) is 85.5 Å². The van der Waals surface area contributed by atoms with Crippen molar-refractivity contribution in [2.24, 2.45) is 0 Å². The number of benzene rings is 3. The van der Waals surface area contributed by atoms with Gasteiger partial charge in [0.2, 0.25) is 5.95 Å². The Morgan fingerprint density at radius 3 is 2.45 bits per heavy atom. The molecule has 3 aromatic carbocycles. The third-order valence-corrected chi connectivity index (χ3v) is 8.52. The van der Waals surface area contributed by atoms with Crippen LogP contribution in [0, 0.1) is 6.92 Å². The average Bonchev–Trinajstić information content (AvgIpc) is 2.97. The van der Waals surface area contributed by atoms with Gasteiger partial charge in [0.1, 0.15) is 0 Å². The topological polar surface area (TPSA) is 41.1 Å². The number of hydrogen-bond acceptors (Lipinski definition) is 4. The average molecular weight is 503 g/mol. The number of hydrogen-bond donors (Lipinski definition) is 1. The van der Waals surface area contributed by atoms with Crippen molar-refractivity contribution in [1.29, 1.82) is 0 Å². The van der Waals surface area contributed by atoms with Gasteiger partial charge in [-0.15, -0.1) is 0 Å². The Labute approximate surface area is 227 Å². The molecular weight excluding hydrogens is 464 g/mol. The quantitative estimate of drug-likeness (QED) is 0.281. The van der Waals surface area contributed by atoms with Crippen LogP contribution in [0.15, 0.2) is 79.0 Å². The zero-order valence-corrected chi connectivity index (χ0v) is 22.7. The minimum atomic E-state index is 0.325. The second-order valence-corrected chi connectivity index (χ2v) is 11.2. The second kappa shape index (κ2) is 11.1. The van der Waals surface area contributed by atoms with Crippen molar-refractivity contribution in [2.75, 3.05) is 18.9 Å². The molecule has 38 heavy (non-hydrogen) atoms. The van der Waals surface area contributed by atoms with Crippen molar-refractivity contribution in [3.05, 3.63) is 107 Å². The van der Waals surface area contributed by atoms with E-state index in [4.69, 9.17) is 9.97 Å². The Hall–Kier alpha value is -3.50. The molecule has 2 aliphatic carbocycles. The Morgan fingerprint density at radius 1 is 0.895 bits per heavy atom. The van der Waals surface area contributed by atoms with E-state index in [2.05, 4.69) is 97.0 Å². The molecule has 6 rings (SSSR count). The lowest BCUT2D eigenvalue weighted by atomic mass is 9.78. The summed E-state index contributed by atoms with van der Waals surface area (Å²) >= 11 is 0. The molecule has 1 saturated carbocycles. The van der Waals surface area contributed by atoms with Crippen LogP contribution in [0.2, 0.25) is 0 Å². The lowest BCUT2D eigenvalue weighted by Crippen LogP contribution is -2.34. The van der Waals surface area contributed by atoms with Gasteiger partial charge in [0.25, 0.3) is 0 Å². The molecular formula is C34H38N4. The fourth-order valence-electron chi connectivity index (χ4n) is 6.19. The molecule has 0 saturated heterocycles. The number of likely N-dealkylation sites (N-methyl/N-ethyl adjacent to an activating group) is 1. The number of fused-ring (bicyclic) bond motifs is 3. The van der Waals surface area contributed by atoms with Crippen molar-refractivity contribution in [1.82, 2.24) is 14.9 Å². The maximum absolute atomic E-state index is 5.00. The number of aromatic nitrogens is 2. The molecule has 1 aromatic heterocycles.